The molecule has 0 spiro atoms. The lowest BCUT2D eigenvalue weighted by Gasteiger charge is -2.16. The van der Waals surface area contributed by atoms with Gasteiger partial charge in [0.1, 0.15) is 5.75 Å². The lowest BCUT2D eigenvalue weighted by Crippen LogP contribution is -2.31. The van der Waals surface area contributed by atoms with Crippen molar-refractivity contribution in [2.45, 2.75) is 13.0 Å². The fraction of sp³-hybridized carbons (Fsp3) is 0.0714. The number of primary amides is 1. The summed E-state index contributed by atoms with van der Waals surface area (Å²) in [5.74, 6) is -0.597. The maximum absolute atomic E-state index is 13.4. The van der Waals surface area contributed by atoms with Gasteiger partial charge in [-0.1, -0.05) is 30.3 Å². The first-order valence-corrected chi connectivity index (χ1v) is 11.4. The molecule has 0 aliphatic rings. The first kappa shape index (κ1) is 21.5. The van der Waals surface area contributed by atoms with E-state index in [-0.39, 0.29) is 11.1 Å². The van der Waals surface area contributed by atoms with E-state index >= 15 is 0 Å². The van der Waals surface area contributed by atoms with Crippen LogP contribution in [0.25, 0.3) is 38.1 Å². The molecule has 1 atom stereocenters. The van der Waals surface area contributed by atoms with E-state index in [1.165, 1.54) is 0 Å². The van der Waals surface area contributed by atoms with Crippen LogP contribution in [0.5, 0.6) is 5.75 Å². The zero-order chi connectivity index (χ0) is 25.0. The van der Waals surface area contributed by atoms with E-state index in [9.17, 15) is 14.4 Å². The summed E-state index contributed by atoms with van der Waals surface area (Å²) in [6.45, 7) is 1.62. The van der Waals surface area contributed by atoms with Crippen LogP contribution in [0.2, 0.25) is 0 Å². The normalized spacial score (nSPS) is 12.4. The molecule has 6 rings (SSSR count). The Morgan fingerprint density at radius 3 is 2.50 bits per heavy atom. The molecule has 8 heteroatoms. The van der Waals surface area contributed by atoms with Gasteiger partial charge >= 0.3 is 0 Å². The van der Waals surface area contributed by atoms with Gasteiger partial charge in [0, 0.05) is 27.7 Å². The third kappa shape index (κ3) is 3.23. The highest BCUT2D eigenvalue weighted by molar-refractivity contribution is 6.18. The maximum Gasteiger partial charge on any atom is 0.265 e. The minimum atomic E-state index is -0.865. The van der Waals surface area contributed by atoms with Crippen molar-refractivity contribution < 1.29 is 14.3 Å². The number of amides is 2. The molecule has 3 aromatic carbocycles. The molecule has 3 aromatic heterocycles. The number of benzene rings is 3. The Balaban J connectivity index is 1.40. The molecular weight excluding hydrogens is 456 g/mol. The van der Waals surface area contributed by atoms with Crippen LogP contribution in [0.15, 0.2) is 83.8 Å². The van der Waals surface area contributed by atoms with E-state index in [1.54, 1.807) is 53.9 Å². The molecule has 2 amide bonds. The molecule has 0 unspecified atom stereocenters. The van der Waals surface area contributed by atoms with Crippen LogP contribution in [-0.4, -0.2) is 27.3 Å². The number of pyridine rings is 2. The van der Waals surface area contributed by atoms with Gasteiger partial charge < -0.3 is 15.8 Å². The number of nitrogens with zero attached hydrogens (tertiary/aromatic N) is 2. The summed E-state index contributed by atoms with van der Waals surface area (Å²) in [6.07, 6.45) is 0.865. The topological polar surface area (TPSA) is 116 Å². The van der Waals surface area contributed by atoms with E-state index in [0.29, 0.717) is 16.8 Å². The van der Waals surface area contributed by atoms with Gasteiger partial charge in [-0.05, 0) is 49.4 Å². The van der Waals surface area contributed by atoms with Crippen LogP contribution in [0.4, 0.5) is 5.69 Å². The molecule has 6 aromatic rings. The Bertz CT molecular complexity index is 1890. The van der Waals surface area contributed by atoms with Crippen LogP contribution in [0.1, 0.15) is 17.3 Å². The van der Waals surface area contributed by atoms with Crippen molar-refractivity contribution in [1.29, 1.82) is 0 Å². The van der Waals surface area contributed by atoms with Crippen LogP contribution in [0, 0.1) is 0 Å². The molecule has 0 radical (unpaired) electrons. The fourth-order valence-electron chi connectivity index (χ4n) is 4.72. The standard InChI is InChI=1S/C28H20N4O4/c1-15(27(34)31-22-9-5-4-8-20(22)26(29)33)36-16-10-11-23-21(14-16)18-12-13-30-24-17-6-2-3-7-19(17)28(35)32(23)25(18)24/h2-15H,1H3,(H2,29,33)(H,31,34)/t15-/m1/s1. The molecule has 0 saturated heterocycles. The zero-order valence-electron chi connectivity index (χ0n) is 19.2. The lowest BCUT2D eigenvalue weighted by atomic mass is 10.1. The maximum atomic E-state index is 13.4. The smallest absolute Gasteiger partial charge is 0.265 e. The number of fused-ring (bicyclic) bond motifs is 5. The quantitative estimate of drug-likeness (QED) is 0.364. The lowest BCUT2D eigenvalue weighted by molar-refractivity contribution is -0.122. The second-order valence-corrected chi connectivity index (χ2v) is 8.58. The largest absolute Gasteiger partial charge is 0.481 e. The minimum absolute atomic E-state index is 0.111. The number of hydrogen-bond acceptors (Lipinski definition) is 5. The number of rotatable bonds is 5. The van der Waals surface area contributed by atoms with Crippen molar-refractivity contribution in [3.8, 4) is 5.75 Å². The van der Waals surface area contributed by atoms with E-state index in [0.717, 1.165) is 32.7 Å². The Hall–Kier alpha value is -4.98. The molecule has 0 aliphatic carbocycles. The summed E-state index contributed by atoms with van der Waals surface area (Å²) in [7, 11) is 0. The predicted molar refractivity (Wildman–Crippen MR) is 139 cm³/mol. The van der Waals surface area contributed by atoms with Gasteiger partial charge in [-0.15, -0.1) is 0 Å². The molecular formula is C28H20N4O4. The number of nitrogens with two attached hydrogens (primary N) is 1. The Labute approximate surface area is 204 Å². The Kier molecular flexibility index (Phi) is 4.82. The molecule has 176 valence electrons. The van der Waals surface area contributed by atoms with Crippen molar-refractivity contribution in [1.82, 2.24) is 9.38 Å². The van der Waals surface area contributed by atoms with Gasteiger partial charge in [-0.25, -0.2) is 0 Å². The summed E-state index contributed by atoms with van der Waals surface area (Å²) in [5.41, 5.74) is 8.07. The summed E-state index contributed by atoms with van der Waals surface area (Å²) in [5, 5.41) is 5.80. The second kappa shape index (κ2) is 8.06. The van der Waals surface area contributed by atoms with Crippen molar-refractivity contribution >= 4 is 55.6 Å². The third-order valence-electron chi connectivity index (χ3n) is 6.40. The van der Waals surface area contributed by atoms with Gasteiger partial charge in [-0.2, -0.15) is 0 Å². The number of ether oxygens (including phenoxy) is 1. The van der Waals surface area contributed by atoms with E-state index in [4.69, 9.17) is 10.5 Å². The van der Waals surface area contributed by atoms with Crippen molar-refractivity contribution in [2.75, 3.05) is 5.32 Å². The third-order valence-corrected chi connectivity index (χ3v) is 6.40. The van der Waals surface area contributed by atoms with Crippen molar-refractivity contribution in [3.05, 3.63) is 94.9 Å². The van der Waals surface area contributed by atoms with Crippen molar-refractivity contribution in [3.63, 3.8) is 0 Å². The highest BCUT2D eigenvalue weighted by atomic mass is 16.5. The molecule has 0 bridgehead atoms. The number of hydrogen-bond donors (Lipinski definition) is 2. The summed E-state index contributed by atoms with van der Waals surface area (Å²) in [4.78, 5) is 42.4. The molecule has 0 saturated carbocycles. The van der Waals surface area contributed by atoms with Crippen LogP contribution in [0.3, 0.4) is 0 Å². The van der Waals surface area contributed by atoms with Crippen LogP contribution >= 0.6 is 0 Å². The highest BCUT2D eigenvalue weighted by Gasteiger charge is 2.20. The monoisotopic (exact) mass is 476 g/mol. The minimum Gasteiger partial charge on any atom is -0.481 e. The zero-order valence-corrected chi connectivity index (χ0v) is 19.2. The number of carbonyl (C=O) groups is 2. The average molecular weight is 476 g/mol. The summed E-state index contributed by atoms with van der Waals surface area (Å²) in [6, 6.07) is 21.2. The Morgan fingerprint density at radius 2 is 1.69 bits per heavy atom. The number of aromatic nitrogens is 2. The van der Waals surface area contributed by atoms with Gasteiger partial charge in [0.15, 0.2) is 6.10 Å². The summed E-state index contributed by atoms with van der Waals surface area (Å²) < 4.78 is 7.64. The van der Waals surface area contributed by atoms with Crippen LogP contribution < -0.4 is 21.3 Å². The number of nitrogens with one attached hydrogen (secondary N) is 1. The van der Waals surface area contributed by atoms with E-state index in [2.05, 4.69) is 10.3 Å². The molecule has 0 fully saturated rings. The van der Waals surface area contributed by atoms with E-state index in [1.807, 2.05) is 36.4 Å². The average Bonchev–Trinajstić information content (AvgIpc) is 3.22. The highest BCUT2D eigenvalue weighted by Crippen LogP contribution is 2.34. The fourth-order valence-corrected chi connectivity index (χ4v) is 4.72. The SMILES string of the molecule is C[C@@H](Oc1ccc2c(c1)c1ccnc3c4ccccc4c(=O)n2c13)C(=O)Nc1ccccc1C(N)=O. The van der Waals surface area contributed by atoms with Gasteiger partial charge in [0.05, 0.1) is 27.8 Å². The van der Waals surface area contributed by atoms with E-state index < -0.39 is 17.9 Å². The molecule has 3 heterocycles. The second-order valence-electron chi connectivity index (χ2n) is 8.58. The van der Waals surface area contributed by atoms with Gasteiger partial charge in [0.2, 0.25) is 0 Å². The first-order chi connectivity index (χ1) is 17.4. The number of anilines is 1. The first-order valence-electron chi connectivity index (χ1n) is 11.4. The molecule has 3 N–H and O–H groups in total. The Morgan fingerprint density at radius 1 is 0.944 bits per heavy atom. The predicted octanol–water partition coefficient (Wildman–Crippen LogP) is 4.10. The molecule has 8 nitrogen and oxygen atoms in total. The van der Waals surface area contributed by atoms with Crippen molar-refractivity contribution in [2.24, 2.45) is 5.73 Å². The number of carbonyl (C=O) groups excluding carboxylic acids is 2. The van der Waals surface area contributed by atoms with Crippen LogP contribution in [-0.2, 0) is 4.79 Å². The molecule has 36 heavy (non-hydrogen) atoms. The molecule has 0 aliphatic heterocycles. The number of para-hydroxylation sites is 1. The van der Waals surface area contributed by atoms with Gasteiger partial charge in [-0.3, -0.25) is 23.8 Å². The summed E-state index contributed by atoms with van der Waals surface area (Å²) >= 11 is 0. The van der Waals surface area contributed by atoms with Gasteiger partial charge in [0.25, 0.3) is 17.4 Å².